The third-order valence-corrected chi connectivity index (χ3v) is 5.25. The molecule has 0 aromatic carbocycles. The molecule has 0 spiro atoms. The summed E-state index contributed by atoms with van der Waals surface area (Å²) in [4.78, 5) is 16.9. The number of rotatable bonds is 5. The van der Waals surface area contributed by atoms with Crippen LogP contribution >= 0.6 is 0 Å². The molecule has 4 rings (SSSR count). The van der Waals surface area contributed by atoms with Crippen molar-refractivity contribution in [3.05, 3.63) is 64.7 Å². The number of aromatic nitrogens is 4. The summed E-state index contributed by atoms with van der Waals surface area (Å²) in [5.41, 5.74) is 0.932. The zero-order valence-electron chi connectivity index (χ0n) is 17.2. The molecule has 11 heteroatoms. The highest BCUT2D eigenvalue weighted by Gasteiger charge is 2.35. The van der Waals surface area contributed by atoms with Crippen molar-refractivity contribution in [3.63, 3.8) is 0 Å². The molecule has 2 unspecified atom stereocenters. The molecule has 0 saturated heterocycles. The van der Waals surface area contributed by atoms with Crippen LogP contribution in [0.5, 0.6) is 0 Å². The van der Waals surface area contributed by atoms with Crippen molar-refractivity contribution in [2.45, 2.75) is 25.1 Å². The Morgan fingerprint density at radius 3 is 2.66 bits per heavy atom. The third-order valence-electron chi connectivity index (χ3n) is 5.25. The summed E-state index contributed by atoms with van der Waals surface area (Å²) in [5, 5.41) is 18.6. The van der Waals surface area contributed by atoms with Crippen molar-refractivity contribution in [2.75, 3.05) is 29.5 Å². The maximum atomic E-state index is 13.2. The quantitative estimate of drug-likeness (QED) is 0.547. The molecule has 0 bridgehead atoms. The predicted molar refractivity (Wildman–Crippen MR) is 112 cm³/mol. The first-order valence-electron chi connectivity index (χ1n) is 9.78. The van der Waals surface area contributed by atoms with Gasteiger partial charge in [0.25, 0.3) is 0 Å². The van der Waals surface area contributed by atoms with Gasteiger partial charge in [-0.15, -0.1) is 0 Å². The van der Waals surface area contributed by atoms with Crippen LogP contribution in [0.25, 0.3) is 0 Å². The number of halogens is 3. The van der Waals surface area contributed by atoms with E-state index in [1.807, 2.05) is 25.1 Å². The molecular weight excluding hydrogens is 421 g/mol. The van der Waals surface area contributed by atoms with E-state index in [-0.39, 0.29) is 24.1 Å². The largest absolute Gasteiger partial charge is 0.417 e. The van der Waals surface area contributed by atoms with E-state index in [1.54, 1.807) is 13.2 Å². The lowest BCUT2D eigenvalue weighted by molar-refractivity contribution is -0.137. The highest BCUT2D eigenvalue weighted by molar-refractivity contribution is 5.58. The van der Waals surface area contributed by atoms with Crippen LogP contribution in [-0.2, 0) is 6.18 Å². The summed E-state index contributed by atoms with van der Waals surface area (Å²) in [7, 11) is 1.78. The summed E-state index contributed by atoms with van der Waals surface area (Å²) >= 11 is 0. The summed E-state index contributed by atoms with van der Waals surface area (Å²) in [6.07, 6.45) is -0.631. The molecule has 164 valence electrons. The molecule has 0 fully saturated rings. The van der Waals surface area contributed by atoms with Crippen LogP contribution < -0.4 is 16.0 Å². The standard InChI is InChI=1S/C21H19F3N8/c1-11(12-3-4-17(26-2)27-7-12)31-20-30-8-13(6-25)18(32-20)16-10-29-19-15(16)5-14(9-28-19)21(22,23)24/h3-5,7-9,11,16H,10H2,1-2H3,(H,26,27)(H,28,29)(H,30,31,32). The van der Waals surface area contributed by atoms with Gasteiger partial charge in [0.2, 0.25) is 5.95 Å². The zero-order valence-corrected chi connectivity index (χ0v) is 17.2. The molecule has 4 heterocycles. The monoisotopic (exact) mass is 440 g/mol. The fraction of sp³-hybridized carbons (Fsp3) is 0.286. The van der Waals surface area contributed by atoms with Crippen LogP contribution in [0.15, 0.2) is 36.8 Å². The number of fused-ring (bicyclic) bond motifs is 1. The van der Waals surface area contributed by atoms with Crippen LogP contribution in [0.3, 0.4) is 0 Å². The smallest absolute Gasteiger partial charge is 0.373 e. The van der Waals surface area contributed by atoms with E-state index in [0.29, 0.717) is 17.1 Å². The number of alkyl halides is 3. The van der Waals surface area contributed by atoms with Gasteiger partial charge in [0.1, 0.15) is 17.7 Å². The summed E-state index contributed by atoms with van der Waals surface area (Å²) in [5.74, 6) is 0.781. The van der Waals surface area contributed by atoms with E-state index >= 15 is 0 Å². The first kappa shape index (κ1) is 21.3. The fourth-order valence-corrected chi connectivity index (χ4v) is 3.51. The van der Waals surface area contributed by atoms with E-state index in [0.717, 1.165) is 23.6 Å². The molecule has 0 radical (unpaired) electrons. The van der Waals surface area contributed by atoms with Crippen molar-refractivity contribution in [3.8, 4) is 6.07 Å². The average Bonchev–Trinajstić information content (AvgIpc) is 3.21. The second-order valence-corrected chi connectivity index (χ2v) is 7.29. The maximum absolute atomic E-state index is 13.2. The van der Waals surface area contributed by atoms with Gasteiger partial charge in [0.15, 0.2) is 0 Å². The molecule has 3 aromatic rings. The SMILES string of the molecule is CNc1ccc(C(C)Nc2ncc(C#N)c(C3CNc4ncc(C(F)(F)F)cc43)n2)cn1. The Bertz CT molecular complexity index is 1170. The second kappa shape index (κ2) is 8.30. The lowest BCUT2D eigenvalue weighted by Crippen LogP contribution is -2.14. The van der Waals surface area contributed by atoms with Crippen LogP contribution in [0, 0.1) is 11.3 Å². The number of pyridine rings is 2. The van der Waals surface area contributed by atoms with Crippen LogP contribution in [0.2, 0.25) is 0 Å². The number of hydrogen-bond donors (Lipinski definition) is 3. The van der Waals surface area contributed by atoms with Crippen molar-refractivity contribution in [1.82, 2.24) is 19.9 Å². The Morgan fingerprint density at radius 2 is 2.00 bits per heavy atom. The van der Waals surface area contributed by atoms with Gasteiger partial charge in [-0.1, -0.05) is 6.07 Å². The minimum atomic E-state index is -4.52. The van der Waals surface area contributed by atoms with Crippen molar-refractivity contribution in [1.29, 1.82) is 5.26 Å². The lowest BCUT2D eigenvalue weighted by atomic mass is 9.95. The van der Waals surface area contributed by atoms with E-state index in [2.05, 4.69) is 35.9 Å². The number of nitriles is 1. The lowest BCUT2D eigenvalue weighted by Gasteiger charge is -2.17. The van der Waals surface area contributed by atoms with Crippen molar-refractivity contribution in [2.24, 2.45) is 0 Å². The molecule has 8 nitrogen and oxygen atoms in total. The Kier molecular flexibility index (Phi) is 5.52. The van der Waals surface area contributed by atoms with Gasteiger partial charge in [-0.05, 0) is 24.6 Å². The summed E-state index contributed by atoms with van der Waals surface area (Å²) in [6.45, 7) is 2.18. The Labute approximate surface area is 182 Å². The molecule has 0 amide bonds. The topological polar surface area (TPSA) is 111 Å². The van der Waals surface area contributed by atoms with Gasteiger partial charge >= 0.3 is 6.18 Å². The van der Waals surface area contributed by atoms with Crippen molar-refractivity contribution < 1.29 is 13.2 Å². The average molecular weight is 440 g/mol. The van der Waals surface area contributed by atoms with Gasteiger partial charge in [-0.25, -0.2) is 19.9 Å². The van der Waals surface area contributed by atoms with Crippen LogP contribution in [0.4, 0.5) is 30.8 Å². The fourth-order valence-electron chi connectivity index (χ4n) is 3.51. The highest BCUT2D eigenvalue weighted by Crippen LogP contribution is 2.39. The van der Waals surface area contributed by atoms with E-state index in [4.69, 9.17) is 0 Å². The number of hydrogen-bond acceptors (Lipinski definition) is 8. The summed E-state index contributed by atoms with van der Waals surface area (Å²) in [6, 6.07) is 6.64. The minimum absolute atomic E-state index is 0.193. The van der Waals surface area contributed by atoms with Gasteiger partial charge in [-0.2, -0.15) is 18.4 Å². The van der Waals surface area contributed by atoms with Crippen LogP contribution in [-0.4, -0.2) is 33.5 Å². The van der Waals surface area contributed by atoms with E-state index in [1.165, 1.54) is 6.20 Å². The molecule has 0 aliphatic carbocycles. The Balaban J connectivity index is 1.65. The maximum Gasteiger partial charge on any atom is 0.417 e. The van der Waals surface area contributed by atoms with Gasteiger partial charge in [-0.3, -0.25) is 0 Å². The predicted octanol–water partition coefficient (Wildman–Crippen LogP) is 3.93. The molecule has 1 aliphatic rings. The Morgan fingerprint density at radius 1 is 1.19 bits per heavy atom. The van der Waals surface area contributed by atoms with Crippen LogP contribution in [0.1, 0.15) is 46.8 Å². The zero-order chi connectivity index (χ0) is 22.9. The first-order chi connectivity index (χ1) is 15.3. The Hall–Kier alpha value is -3.94. The highest BCUT2D eigenvalue weighted by atomic mass is 19.4. The normalized spacial score (nSPS) is 15.9. The molecule has 3 N–H and O–H groups in total. The second-order valence-electron chi connectivity index (χ2n) is 7.29. The van der Waals surface area contributed by atoms with Gasteiger partial charge < -0.3 is 16.0 Å². The number of nitrogens with one attached hydrogen (secondary N) is 3. The first-order valence-corrected chi connectivity index (χ1v) is 9.78. The molecule has 3 aromatic heterocycles. The molecular formula is C21H19F3N8. The number of anilines is 3. The summed E-state index contributed by atoms with van der Waals surface area (Å²) < 4.78 is 39.6. The van der Waals surface area contributed by atoms with E-state index < -0.39 is 17.7 Å². The third kappa shape index (κ3) is 4.12. The molecule has 0 saturated carbocycles. The molecule has 1 aliphatic heterocycles. The molecule has 32 heavy (non-hydrogen) atoms. The van der Waals surface area contributed by atoms with E-state index in [9.17, 15) is 18.4 Å². The number of nitrogens with zero attached hydrogens (tertiary/aromatic N) is 5. The molecule has 2 atom stereocenters. The minimum Gasteiger partial charge on any atom is -0.373 e. The van der Waals surface area contributed by atoms with Crippen molar-refractivity contribution >= 4 is 17.6 Å². The van der Waals surface area contributed by atoms with Gasteiger partial charge in [0.05, 0.1) is 29.1 Å². The van der Waals surface area contributed by atoms with Gasteiger partial charge in [0, 0.05) is 37.5 Å².